The van der Waals surface area contributed by atoms with Gasteiger partial charge in [0.1, 0.15) is 11.0 Å². The molecular weight excluding hydrogens is 286 g/mol. The van der Waals surface area contributed by atoms with Gasteiger partial charge in [0.15, 0.2) is 0 Å². The van der Waals surface area contributed by atoms with Crippen molar-refractivity contribution in [3.05, 3.63) is 23.4 Å². The van der Waals surface area contributed by atoms with Crippen LogP contribution < -0.4 is 4.72 Å². The Labute approximate surface area is 119 Å². The molecule has 1 aliphatic rings. The lowest BCUT2D eigenvalue weighted by Gasteiger charge is -2.30. The van der Waals surface area contributed by atoms with Crippen molar-refractivity contribution < 1.29 is 8.42 Å². The number of aromatic nitrogens is 1. The molecule has 0 unspecified atom stereocenters. The Kier molecular flexibility index (Phi) is 4.65. The van der Waals surface area contributed by atoms with Crippen LogP contribution in [-0.4, -0.2) is 30.8 Å². The van der Waals surface area contributed by atoms with E-state index in [9.17, 15) is 8.42 Å². The first-order chi connectivity index (χ1) is 8.99. The van der Waals surface area contributed by atoms with Crippen molar-refractivity contribution in [3.8, 4) is 0 Å². The number of pyridine rings is 1. The van der Waals surface area contributed by atoms with E-state index in [4.69, 9.17) is 11.6 Å². The quantitative estimate of drug-likeness (QED) is 0.870. The van der Waals surface area contributed by atoms with Gasteiger partial charge in [-0.3, -0.25) is 4.72 Å². The van der Waals surface area contributed by atoms with Gasteiger partial charge < -0.3 is 0 Å². The van der Waals surface area contributed by atoms with Crippen LogP contribution in [0.1, 0.15) is 32.1 Å². The summed E-state index contributed by atoms with van der Waals surface area (Å²) >= 11 is 5.74. The monoisotopic (exact) mass is 303 g/mol. The largest absolute Gasteiger partial charge is 0.302 e. The molecule has 1 fully saturated rings. The highest BCUT2D eigenvalue weighted by molar-refractivity contribution is 7.90. The van der Waals surface area contributed by atoms with Crippen LogP contribution in [0.4, 0.5) is 5.82 Å². The van der Waals surface area contributed by atoms with Crippen LogP contribution in [0.5, 0.6) is 0 Å². The van der Waals surface area contributed by atoms with Gasteiger partial charge in [-0.1, -0.05) is 36.9 Å². The summed E-state index contributed by atoms with van der Waals surface area (Å²) in [7, 11) is -1.95. The first-order valence-electron chi connectivity index (χ1n) is 6.37. The molecule has 0 aliphatic heterocycles. The molecular formula is C12H18ClN3O2S. The van der Waals surface area contributed by atoms with Crippen LogP contribution in [0, 0.1) is 0 Å². The molecule has 0 atom stereocenters. The van der Waals surface area contributed by atoms with Crippen LogP contribution in [0.25, 0.3) is 0 Å². The Morgan fingerprint density at radius 2 is 2.00 bits per heavy atom. The van der Waals surface area contributed by atoms with Crippen LogP contribution in [-0.2, 0) is 10.2 Å². The summed E-state index contributed by atoms with van der Waals surface area (Å²) in [4.78, 5) is 3.93. The Morgan fingerprint density at radius 3 is 2.63 bits per heavy atom. The molecule has 0 radical (unpaired) electrons. The third-order valence-electron chi connectivity index (χ3n) is 3.42. The summed E-state index contributed by atoms with van der Waals surface area (Å²) in [6.45, 7) is 0. The topological polar surface area (TPSA) is 62.3 Å². The number of nitrogens with one attached hydrogen (secondary N) is 1. The second-order valence-electron chi connectivity index (χ2n) is 4.76. The lowest BCUT2D eigenvalue weighted by atomic mass is 9.96. The van der Waals surface area contributed by atoms with Crippen molar-refractivity contribution in [1.82, 2.24) is 9.29 Å². The molecule has 7 heteroatoms. The fraction of sp³-hybridized carbons (Fsp3) is 0.583. The van der Waals surface area contributed by atoms with Gasteiger partial charge in [-0.05, 0) is 25.0 Å². The fourth-order valence-corrected chi connectivity index (χ4v) is 3.60. The Hall–Kier alpha value is -0.850. The minimum Gasteiger partial charge on any atom is -0.254 e. The number of hydrogen-bond donors (Lipinski definition) is 1. The summed E-state index contributed by atoms with van der Waals surface area (Å²) < 4.78 is 28.4. The molecule has 0 amide bonds. The summed E-state index contributed by atoms with van der Waals surface area (Å²) in [6, 6.07) is 4.92. The molecule has 1 aromatic heterocycles. The smallest absolute Gasteiger partial charge is 0.254 e. The molecule has 2 rings (SSSR count). The Balaban J connectivity index is 2.08. The molecule has 1 aliphatic carbocycles. The number of hydrogen-bond acceptors (Lipinski definition) is 3. The molecule has 19 heavy (non-hydrogen) atoms. The minimum absolute atomic E-state index is 0.0745. The molecule has 106 valence electrons. The van der Waals surface area contributed by atoms with E-state index in [1.165, 1.54) is 10.7 Å². The first kappa shape index (κ1) is 14.6. The van der Waals surface area contributed by atoms with Crippen LogP contribution in [0.2, 0.25) is 5.15 Å². The van der Waals surface area contributed by atoms with Crippen molar-refractivity contribution >= 4 is 27.6 Å². The summed E-state index contributed by atoms with van der Waals surface area (Å²) in [5.74, 6) is 0.246. The van der Waals surface area contributed by atoms with Crippen LogP contribution in [0.3, 0.4) is 0 Å². The van der Waals surface area contributed by atoms with Gasteiger partial charge in [-0.15, -0.1) is 0 Å². The third kappa shape index (κ3) is 3.81. The Bertz CT molecular complexity index is 530. The zero-order valence-corrected chi connectivity index (χ0v) is 12.4. The first-order valence-corrected chi connectivity index (χ1v) is 8.19. The Morgan fingerprint density at radius 1 is 1.32 bits per heavy atom. The predicted octanol–water partition coefficient (Wildman–Crippen LogP) is 2.66. The number of anilines is 1. The number of nitrogens with zero attached hydrogens (tertiary/aromatic N) is 2. The predicted molar refractivity (Wildman–Crippen MR) is 76.4 cm³/mol. The van der Waals surface area contributed by atoms with Crippen molar-refractivity contribution in [1.29, 1.82) is 0 Å². The fourth-order valence-electron chi connectivity index (χ4n) is 2.31. The molecule has 5 nitrogen and oxygen atoms in total. The highest BCUT2D eigenvalue weighted by Crippen LogP contribution is 2.24. The van der Waals surface area contributed by atoms with Gasteiger partial charge in [-0.2, -0.15) is 12.7 Å². The number of rotatable bonds is 4. The van der Waals surface area contributed by atoms with Crippen molar-refractivity contribution in [2.75, 3.05) is 11.8 Å². The average molecular weight is 304 g/mol. The number of halogens is 1. The van der Waals surface area contributed by atoms with E-state index in [0.717, 1.165) is 25.7 Å². The highest BCUT2D eigenvalue weighted by Gasteiger charge is 2.27. The van der Waals surface area contributed by atoms with Crippen molar-refractivity contribution in [3.63, 3.8) is 0 Å². The third-order valence-corrected chi connectivity index (χ3v) is 5.15. The summed E-state index contributed by atoms with van der Waals surface area (Å²) in [6.07, 6.45) is 5.19. The van der Waals surface area contributed by atoms with Crippen LogP contribution in [0.15, 0.2) is 18.2 Å². The van der Waals surface area contributed by atoms with Crippen molar-refractivity contribution in [2.45, 2.75) is 38.1 Å². The molecule has 0 saturated heterocycles. The van der Waals surface area contributed by atoms with Gasteiger partial charge in [0.2, 0.25) is 0 Å². The van der Waals surface area contributed by atoms with E-state index >= 15 is 0 Å². The van der Waals surface area contributed by atoms with E-state index in [2.05, 4.69) is 9.71 Å². The summed E-state index contributed by atoms with van der Waals surface area (Å²) in [5.41, 5.74) is 0. The summed E-state index contributed by atoms with van der Waals surface area (Å²) in [5, 5.41) is 0.264. The molecule has 1 saturated carbocycles. The zero-order valence-electron chi connectivity index (χ0n) is 10.8. The minimum atomic E-state index is -3.57. The molecule has 0 spiro atoms. The lowest BCUT2D eigenvalue weighted by molar-refractivity contribution is 0.287. The van der Waals surface area contributed by atoms with E-state index in [-0.39, 0.29) is 17.0 Å². The zero-order chi connectivity index (χ0) is 13.9. The molecule has 0 bridgehead atoms. The standard InChI is InChI=1S/C12H18ClN3O2S/c1-16(10-6-3-2-4-7-10)19(17,18)15-12-9-5-8-11(13)14-12/h5,8-10H,2-4,6-7H2,1H3,(H,14,15). The maximum atomic E-state index is 12.2. The second-order valence-corrected chi connectivity index (χ2v) is 6.88. The lowest BCUT2D eigenvalue weighted by Crippen LogP contribution is -2.41. The second kappa shape index (κ2) is 6.07. The highest BCUT2D eigenvalue weighted by atomic mass is 35.5. The van der Waals surface area contributed by atoms with Gasteiger partial charge in [-0.25, -0.2) is 4.98 Å². The maximum absolute atomic E-state index is 12.2. The van der Waals surface area contributed by atoms with E-state index in [0.29, 0.717) is 0 Å². The van der Waals surface area contributed by atoms with Gasteiger partial charge >= 0.3 is 10.2 Å². The normalized spacial score (nSPS) is 17.6. The molecule has 1 aromatic rings. The van der Waals surface area contributed by atoms with Gasteiger partial charge in [0.25, 0.3) is 0 Å². The van der Waals surface area contributed by atoms with E-state index in [1.807, 2.05) is 0 Å². The SMILES string of the molecule is CN(C1CCCCC1)S(=O)(=O)Nc1cccc(Cl)n1. The van der Waals surface area contributed by atoms with Gasteiger partial charge in [0, 0.05) is 13.1 Å². The van der Waals surface area contributed by atoms with E-state index < -0.39 is 10.2 Å². The average Bonchev–Trinajstić information content (AvgIpc) is 2.38. The molecule has 1 heterocycles. The van der Waals surface area contributed by atoms with E-state index in [1.54, 1.807) is 25.2 Å². The van der Waals surface area contributed by atoms with Gasteiger partial charge in [0.05, 0.1) is 0 Å². The molecule has 1 N–H and O–H groups in total. The van der Waals surface area contributed by atoms with Crippen molar-refractivity contribution in [2.24, 2.45) is 0 Å². The maximum Gasteiger partial charge on any atom is 0.302 e. The molecule has 0 aromatic carbocycles. The van der Waals surface area contributed by atoms with Crippen LogP contribution >= 0.6 is 11.6 Å².